The van der Waals surface area contributed by atoms with Crippen LogP contribution in [0.3, 0.4) is 0 Å². The fourth-order valence-corrected chi connectivity index (χ4v) is 4.55. The molecule has 28 heavy (non-hydrogen) atoms. The van der Waals surface area contributed by atoms with Crippen molar-refractivity contribution >= 4 is 13.4 Å². The number of fused-ring (bicyclic) bond motifs is 4. The monoisotopic (exact) mass is 402 g/mol. The van der Waals surface area contributed by atoms with Crippen molar-refractivity contribution in [3.63, 3.8) is 0 Å². The molecule has 0 spiro atoms. The molecule has 4 rings (SSSR count). The Balaban J connectivity index is 1.61. The van der Waals surface area contributed by atoms with Crippen molar-refractivity contribution in [2.45, 2.75) is 18.7 Å². The predicted octanol–water partition coefficient (Wildman–Crippen LogP) is 3.14. The summed E-state index contributed by atoms with van der Waals surface area (Å²) in [5.74, 6) is 0. The molecule has 3 heterocycles. The van der Waals surface area contributed by atoms with E-state index < -0.39 is 7.41 Å². The summed E-state index contributed by atoms with van der Waals surface area (Å²) in [4.78, 5) is 21.2. The second-order valence-corrected chi connectivity index (χ2v) is 13.0. The molecule has 150 valence electrons. The first-order chi connectivity index (χ1) is 13.3. The summed E-state index contributed by atoms with van der Waals surface area (Å²) < 4.78 is 4.32. The molecule has 0 N–H and O–H groups in total. The number of aryl methyl sites for hydroxylation is 1. The highest BCUT2D eigenvalue weighted by Crippen LogP contribution is 2.52. The fourth-order valence-electron chi connectivity index (χ4n) is 3.90. The lowest BCUT2D eigenvalue weighted by atomic mass is 9.98. The lowest BCUT2D eigenvalue weighted by molar-refractivity contribution is -0.141. The molecule has 0 saturated carbocycles. The molecule has 2 aliphatic heterocycles. The average molecular weight is 402 g/mol. The minimum Gasteiger partial charge on any atom is -0.310 e. The summed E-state index contributed by atoms with van der Waals surface area (Å²) in [5.41, 5.74) is 3.27. The summed E-state index contributed by atoms with van der Waals surface area (Å²) in [6.45, 7) is 8.71. The molecule has 1 unspecified atom stereocenters. The van der Waals surface area contributed by atoms with E-state index in [4.69, 9.17) is 4.84 Å². The maximum absolute atomic E-state index is 13.2. The molecule has 0 radical (unpaired) electrons. The first-order valence-corrected chi connectivity index (χ1v) is 12.7. The van der Waals surface area contributed by atoms with Crippen LogP contribution in [-0.2, 0) is 18.5 Å². The maximum Gasteiger partial charge on any atom is 0.345 e. The Hall–Kier alpha value is -1.95. The van der Waals surface area contributed by atoms with Crippen molar-refractivity contribution in [3.05, 3.63) is 53.3 Å². The van der Waals surface area contributed by atoms with Crippen LogP contribution in [0.25, 0.3) is 0 Å². The SMILES string of the molecule is CN(CC1c2c(cnn2C)[C@H]2CN1C(=O)N2OCc1ccccc1)[P+](C)(C)C. The summed E-state index contributed by atoms with van der Waals surface area (Å²) in [6, 6.07) is 9.78. The number of hydrogen-bond donors (Lipinski definition) is 0. The van der Waals surface area contributed by atoms with Crippen LogP contribution in [0, 0.1) is 0 Å². The van der Waals surface area contributed by atoms with Gasteiger partial charge in [-0.3, -0.25) is 9.52 Å². The van der Waals surface area contributed by atoms with Gasteiger partial charge in [-0.15, -0.1) is 0 Å². The van der Waals surface area contributed by atoms with Gasteiger partial charge >= 0.3 is 6.03 Å². The number of urea groups is 1. The van der Waals surface area contributed by atoms with Crippen LogP contribution in [0.15, 0.2) is 36.5 Å². The zero-order valence-electron chi connectivity index (χ0n) is 17.2. The molecule has 7 nitrogen and oxygen atoms in total. The number of hydroxylamine groups is 2. The minimum atomic E-state index is -1.17. The Morgan fingerprint density at radius 2 is 1.96 bits per heavy atom. The van der Waals surface area contributed by atoms with Crippen LogP contribution < -0.4 is 0 Å². The van der Waals surface area contributed by atoms with E-state index in [9.17, 15) is 4.79 Å². The molecular formula is C20H29N5O2P+. The number of carbonyl (C=O) groups excluding carboxylic acids is 1. The molecule has 2 amide bonds. The average Bonchev–Trinajstić information content (AvgIpc) is 3.17. The van der Waals surface area contributed by atoms with Crippen LogP contribution in [0.2, 0.25) is 0 Å². The summed E-state index contributed by atoms with van der Waals surface area (Å²) in [5, 5.41) is 6.06. The number of hydrogen-bond acceptors (Lipinski definition) is 4. The van der Waals surface area contributed by atoms with Crippen LogP contribution in [-0.4, -0.2) is 70.6 Å². The Morgan fingerprint density at radius 3 is 2.64 bits per heavy atom. The number of rotatable bonds is 6. The van der Waals surface area contributed by atoms with Crippen molar-refractivity contribution in [1.82, 2.24) is 24.4 Å². The second-order valence-electron chi connectivity index (χ2n) is 8.44. The van der Waals surface area contributed by atoms with Crippen LogP contribution in [0.5, 0.6) is 0 Å². The number of aromatic nitrogens is 2. The number of carbonyl (C=O) groups is 1. The molecule has 0 aliphatic carbocycles. The zero-order chi connectivity index (χ0) is 20.1. The van der Waals surface area contributed by atoms with Gasteiger partial charge in [0, 0.05) is 19.7 Å². The summed E-state index contributed by atoms with van der Waals surface area (Å²) >= 11 is 0. The second kappa shape index (κ2) is 7.14. The van der Waals surface area contributed by atoms with Crippen molar-refractivity contribution < 1.29 is 9.63 Å². The molecule has 2 bridgehead atoms. The van der Waals surface area contributed by atoms with Gasteiger partial charge in [-0.25, -0.2) is 4.79 Å². The van der Waals surface area contributed by atoms with Gasteiger partial charge in [0.2, 0.25) is 0 Å². The van der Waals surface area contributed by atoms with E-state index in [1.807, 2.05) is 53.2 Å². The lowest BCUT2D eigenvalue weighted by Crippen LogP contribution is -2.40. The number of amides is 2. The number of nitrogens with zero attached hydrogens (tertiary/aromatic N) is 5. The van der Waals surface area contributed by atoms with E-state index in [2.05, 4.69) is 36.8 Å². The zero-order valence-corrected chi connectivity index (χ0v) is 18.1. The van der Waals surface area contributed by atoms with Crippen LogP contribution in [0.1, 0.15) is 28.9 Å². The third-order valence-electron chi connectivity index (χ3n) is 5.83. The lowest BCUT2D eigenvalue weighted by Gasteiger charge is -2.35. The Labute approximate surface area is 167 Å². The highest BCUT2D eigenvalue weighted by Gasteiger charge is 2.51. The number of benzene rings is 1. The van der Waals surface area contributed by atoms with Crippen molar-refractivity contribution in [2.24, 2.45) is 7.05 Å². The summed E-state index contributed by atoms with van der Waals surface area (Å²) in [6.07, 6.45) is 1.90. The molecule has 1 fully saturated rings. The summed E-state index contributed by atoms with van der Waals surface area (Å²) in [7, 11) is 2.94. The van der Waals surface area contributed by atoms with Gasteiger partial charge in [0.25, 0.3) is 0 Å². The molecule has 2 aliphatic rings. The maximum atomic E-state index is 13.2. The van der Waals surface area contributed by atoms with Gasteiger partial charge in [0.1, 0.15) is 12.6 Å². The van der Waals surface area contributed by atoms with Gasteiger partial charge in [0.15, 0.2) is 0 Å². The smallest absolute Gasteiger partial charge is 0.310 e. The quantitative estimate of drug-likeness (QED) is 0.697. The fraction of sp³-hybridized carbons (Fsp3) is 0.500. The first-order valence-electron chi connectivity index (χ1n) is 9.59. The number of likely N-dealkylation sites (N-methyl/N-ethyl adjacent to an activating group) is 1. The predicted molar refractivity (Wildman–Crippen MR) is 111 cm³/mol. The van der Waals surface area contributed by atoms with E-state index in [1.165, 1.54) is 0 Å². The van der Waals surface area contributed by atoms with E-state index in [-0.39, 0.29) is 18.1 Å². The molecular weight excluding hydrogens is 373 g/mol. The van der Waals surface area contributed by atoms with Gasteiger partial charge in [-0.05, 0) is 5.56 Å². The van der Waals surface area contributed by atoms with Gasteiger partial charge in [-0.1, -0.05) is 30.3 Å². The first kappa shape index (κ1) is 19.4. The molecule has 1 saturated heterocycles. The normalized spacial score (nSPS) is 21.6. The largest absolute Gasteiger partial charge is 0.345 e. The topological polar surface area (TPSA) is 53.8 Å². The van der Waals surface area contributed by atoms with E-state index in [0.717, 1.165) is 23.4 Å². The standard InChI is InChI=1S/C20H29N5O2P/c1-22(28(3,4)5)12-18-19-16(11-21-23(19)2)17-13-24(18)20(26)25(17)27-14-15-9-7-6-8-10-15/h6-11,17-18H,12-14H2,1-5H3/q+1/t17-,18?/m1/s1. The van der Waals surface area contributed by atoms with Crippen molar-refractivity contribution in [3.8, 4) is 0 Å². The van der Waals surface area contributed by atoms with Gasteiger partial charge in [0.05, 0.1) is 58.4 Å². The highest BCUT2D eigenvalue weighted by atomic mass is 31.2. The Bertz CT molecular complexity index is 863. The van der Waals surface area contributed by atoms with E-state index in [1.54, 1.807) is 5.06 Å². The van der Waals surface area contributed by atoms with Crippen molar-refractivity contribution in [1.29, 1.82) is 0 Å². The Morgan fingerprint density at radius 1 is 1.25 bits per heavy atom. The van der Waals surface area contributed by atoms with Gasteiger partial charge < -0.3 is 4.90 Å². The van der Waals surface area contributed by atoms with E-state index in [0.29, 0.717) is 13.2 Å². The van der Waals surface area contributed by atoms with Gasteiger partial charge in [-0.2, -0.15) is 14.8 Å². The van der Waals surface area contributed by atoms with Crippen LogP contribution >= 0.6 is 7.41 Å². The molecule has 1 aromatic carbocycles. The third kappa shape index (κ3) is 3.32. The minimum absolute atomic E-state index is 0.0131. The van der Waals surface area contributed by atoms with Crippen LogP contribution in [0.4, 0.5) is 4.79 Å². The van der Waals surface area contributed by atoms with Crippen molar-refractivity contribution in [2.75, 3.05) is 40.1 Å². The highest BCUT2D eigenvalue weighted by molar-refractivity contribution is 7.71. The third-order valence-corrected chi connectivity index (χ3v) is 8.04. The molecule has 2 atom stereocenters. The molecule has 8 heteroatoms. The van der Waals surface area contributed by atoms with E-state index >= 15 is 0 Å². The Kier molecular flexibility index (Phi) is 4.94. The molecule has 2 aromatic rings. The molecule has 1 aromatic heterocycles.